The molecule has 0 aliphatic heterocycles. The summed E-state index contributed by atoms with van der Waals surface area (Å²) >= 11 is 0. The lowest BCUT2D eigenvalue weighted by molar-refractivity contribution is 0.403. The van der Waals surface area contributed by atoms with Crippen LogP contribution in [-0.2, 0) is 10.1 Å². The molecule has 0 saturated carbocycles. The van der Waals surface area contributed by atoms with Gasteiger partial charge in [0.1, 0.15) is 11.5 Å². The summed E-state index contributed by atoms with van der Waals surface area (Å²) in [6.45, 7) is 2.06. The Morgan fingerprint density at radius 2 is 1.36 bits per heavy atom. The normalized spacial score (nSPS) is 13.8. The Kier molecular flexibility index (Phi) is 5.72. The molecule has 3 aromatic rings. The Labute approximate surface area is 164 Å². The standard InChI is InChI=1S/C22H22O5S/c1-15(16-8-4-2-5-9-16)14-19(17-10-6-3-7-11-17)18-12-13-20(23)22(21(18)24)28(25,26)27/h2-13,15,19,23-24H,14H2,1H3,(H,25,26,27). The van der Waals surface area contributed by atoms with Crippen LogP contribution in [0, 0.1) is 0 Å². The number of phenols is 2. The van der Waals surface area contributed by atoms with Gasteiger partial charge in [-0.1, -0.05) is 73.7 Å². The molecule has 0 aliphatic carbocycles. The maximum Gasteiger partial charge on any atom is 0.301 e. The summed E-state index contributed by atoms with van der Waals surface area (Å²) in [5, 5.41) is 20.5. The molecule has 0 amide bonds. The van der Waals surface area contributed by atoms with E-state index in [2.05, 4.69) is 6.92 Å². The summed E-state index contributed by atoms with van der Waals surface area (Å²) in [5.41, 5.74) is 2.35. The lowest BCUT2D eigenvalue weighted by atomic mass is 9.81. The second-order valence-electron chi connectivity index (χ2n) is 6.84. The minimum Gasteiger partial charge on any atom is -0.506 e. The topological polar surface area (TPSA) is 94.8 Å². The van der Waals surface area contributed by atoms with Gasteiger partial charge in [0.05, 0.1) is 0 Å². The summed E-state index contributed by atoms with van der Waals surface area (Å²) in [4.78, 5) is -0.863. The highest BCUT2D eigenvalue weighted by molar-refractivity contribution is 7.86. The average molecular weight is 398 g/mol. The maximum atomic E-state index is 11.7. The molecule has 3 N–H and O–H groups in total. The number of hydrogen-bond acceptors (Lipinski definition) is 4. The number of hydrogen-bond donors (Lipinski definition) is 3. The van der Waals surface area contributed by atoms with E-state index in [0.717, 1.165) is 11.1 Å². The molecule has 3 aromatic carbocycles. The van der Waals surface area contributed by atoms with Crippen molar-refractivity contribution in [1.82, 2.24) is 0 Å². The first-order valence-electron chi connectivity index (χ1n) is 8.91. The van der Waals surface area contributed by atoms with Crippen molar-refractivity contribution in [1.29, 1.82) is 0 Å². The molecule has 146 valence electrons. The van der Waals surface area contributed by atoms with Gasteiger partial charge in [0, 0.05) is 11.5 Å². The van der Waals surface area contributed by atoms with Crippen LogP contribution in [0.2, 0.25) is 0 Å². The van der Waals surface area contributed by atoms with E-state index >= 15 is 0 Å². The molecule has 0 saturated heterocycles. The third-order valence-electron chi connectivity index (χ3n) is 4.94. The molecule has 0 aliphatic rings. The highest BCUT2D eigenvalue weighted by Gasteiger charge is 2.28. The largest absolute Gasteiger partial charge is 0.506 e. The van der Waals surface area contributed by atoms with Gasteiger partial charge in [-0.05, 0) is 29.5 Å². The van der Waals surface area contributed by atoms with Crippen LogP contribution in [0.4, 0.5) is 0 Å². The molecule has 28 heavy (non-hydrogen) atoms. The van der Waals surface area contributed by atoms with Gasteiger partial charge in [0.15, 0.2) is 4.90 Å². The maximum absolute atomic E-state index is 11.7. The van der Waals surface area contributed by atoms with Crippen molar-refractivity contribution >= 4 is 10.1 Å². The zero-order valence-corrected chi connectivity index (χ0v) is 16.2. The van der Waals surface area contributed by atoms with E-state index in [9.17, 15) is 23.2 Å². The van der Waals surface area contributed by atoms with Gasteiger partial charge in [0.2, 0.25) is 0 Å². The van der Waals surface area contributed by atoms with E-state index in [1.807, 2.05) is 60.7 Å². The number of aromatic hydroxyl groups is 2. The van der Waals surface area contributed by atoms with Crippen LogP contribution in [0.3, 0.4) is 0 Å². The lowest BCUT2D eigenvalue weighted by Crippen LogP contribution is -2.09. The smallest absolute Gasteiger partial charge is 0.301 e. The van der Waals surface area contributed by atoms with Gasteiger partial charge < -0.3 is 10.2 Å². The first-order chi connectivity index (χ1) is 13.3. The van der Waals surface area contributed by atoms with Gasteiger partial charge in [-0.15, -0.1) is 0 Å². The Morgan fingerprint density at radius 1 is 0.821 bits per heavy atom. The molecule has 0 heterocycles. The fourth-order valence-electron chi connectivity index (χ4n) is 3.51. The second kappa shape index (κ2) is 8.04. The van der Waals surface area contributed by atoms with Crippen molar-refractivity contribution < 1.29 is 23.2 Å². The highest BCUT2D eigenvalue weighted by Crippen LogP contribution is 2.43. The molecular formula is C22H22O5S. The summed E-state index contributed by atoms with van der Waals surface area (Å²) in [5.74, 6) is -1.53. The van der Waals surface area contributed by atoms with Gasteiger partial charge in [-0.3, -0.25) is 4.55 Å². The summed E-state index contributed by atoms with van der Waals surface area (Å²) < 4.78 is 32.8. The van der Waals surface area contributed by atoms with E-state index in [0.29, 0.717) is 12.0 Å². The van der Waals surface area contributed by atoms with Crippen LogP contribution < -0.4 is 0 Å². The first kappa shape index (κ1) is 19.9. The number of rotatable bonds is 6. The Bertz CT molecular complexity index is 1050. The van der Waals surface area contributed by atoms with Crippen molar-refractivity contribution in [3.63, 3.8) is 0 Å². The quantitative estimate of drug-likeness (QED) is 0.525. The molecule has 0 spiro atoms. The van der Waals surface area contributed by atoms with Crippen LogP contribution >= 0.6 is 0 Å². The van der Waals surface area contributed by atoms with E-state index < -0.39 is 26.5 Å². The lowest BCUT2D eigenvalue weighted by Gasteiger charge is -2.24. The molecule has 2 unspecified atom stereocenters. The molecular weight excluding hydrogens is 376 g/mol. The predicted octanol–water partition coefficient (Wildman–Crippen LogP) is 4.67. The van der Waals surface area contributed by atoms with E-state index in [-0.39, 0.29) is 11.8 Å². The molecule has 0 aromatic heterocycles. The van der Waals surface area contributed by atoms with E-state index in [4.69, 9.17) is 0 Å². The minimum absolute atomic E-state index is 0.119. The monoisotopic (exact) mass is 398 g/mol. The number of benzene rings is 3. The van der Waals surface area contributed by atoms with Gasteiger partial charge in [-0.25, -0.2) is 0 Å². The third-order valence-corrected chi connectivity index (χ3v) is 5.85. The SMILES string of the molecule is CC(CC(c1ccccc1)c1ccc(O)c(S(=O)(=O)O)c1O)c1ccccc1. The predicted molar refractivity (Wildman–Crippen MR) is 107 cm³/mol. The molecule has 5 nitrogen and oxygen atoms in total. The zero-order chi connectivity index (χ0) is 20.3. The first-order valence-corrected chi connectivity index (χ1v) is 10.3. The molecule has 0 fully saturated rings. The van der Waals surface area contributed by atoms with Crippen molar-refractivity contribution in [3.8, 4) is 11.5 Å². The second-order valence-corrected chi connectivity index (χ2v) is 8.20. The Balaban J connectivity index is 2.11. The van der Waals surface area contributed by atoms with Crippen molar-refractivity contribution in [2.75, 3.05) is 0 Å². The van der Waals surface area contributed by atoms with Crippen molar-refractivity contribution in [2.45, 2.75) is 30.1 Å². The molecule has 0 bridgehead atoms. The van der Waals surface area contributed by atoms with Crippen LogP contribution in [0.1, 0.15) is 41.9 Å². The van der Waals surface area contributed by atoms with Gasteiger partial charge >= 0.3 is 10.1 Å². The number of phenolic OH excluding ortho intramolecular Hbond substituents is 2. The van der Waals surface area contributed by atoms with Gasteiger partial charge in [-0.2, -0.15) is 8.42 Å². The van der Waals surface area contributed by atoms with Crippen LogP contribution in [0.25, 0.3) is 0 Å². The molecule has 2 atom stereocenters. The average Bonchev–Trinajstić information content (AvgIpc) is 2.67. The minimum atomic E-state index is -4.78. The third kappa shape index (κ3) is 4.18. The fraction of sp³-hybridized carbons (Fsp3) is 0.182. The molecule has 6 heteroatoms. The Morgan fingerprint density at radius 3 is 1.89 bits per heavy atom. The zero-order valence-electron chi connectivity index (χ0n) is 15.4. The summed E-state index contributed by atoms with van der Waals surface area (Å²) in [6.07, 6.45) is 0.595. The molecule has 3 rings (SSSR count). The van der Waals surface area contributed by atoms with Crippen molar-refractivity contribution in [2.24, 2.45) is 0 Å². The van der Waals surface area contributed by atoms with Crippen molar-refractivity contribution in [3.05, 3.63) is 89.5 Å². The van der Waals surface area contributed by atoms with E-state index in [1.165, 1.54) is 12.1 Å². The summed E-state index contributed by atoms with van der Waals surface area (Å²) in [6, 6.07) is 22.0. The van der Waals surface area contributed by atoms with Crippen LogP contribution in [0.5, 0.6) is 11.5 Å². The Hall–Kier alpha value is -2.83. The molecule has 0 radical (unpaired) electrons. The summed E-state index contributed by atoms with van der Waals surface area (Å²) in [7, 11) is -4.78. The van der Waals surface area contributed by atoms with Crippen LogP contribution in [0.15, 0.2) is 77.7 Å². The van der Waals surface area contributed by atoms with Gasteiger partial charge in [0.25, 0.3) is 0 Å². The van der Waals surface area contributed by atoms with Crippen LogP contribution in [-0.4, -0.2) is 23.2 Å². The van der Waals surface area contributed by atoms with E-state index in [1.54, 1.807) is 0 Å². The highest BCUT2D eigenvalue weighted by atomic mass is 32.2. The fourth-order valence-corrected chi connectivity index (χ4v) is 4.20.